The number of benzene rings is 1. The SMILES string of the molecule is COc1cc(F)ccc1NC1CCC(C)CC1. The Labute approximate surface area is 102 Å². The first kappa shape index (κ1) is 12.2. The van der Waals surface area contributed by atoms with E-state index in [0.717, 1.165) is 11.6 Å². The molecule has 1 aliphatic carbocycles. The highest BCUT2D eigenvalue weighted by atomic mass is 19.1. The fourth-order valence-corrected chi connectivity index (χ4v) is 2.41. The van der Waals surface area contributed by atoms with Gasteiger partial charge in [-0.25, -0.2) is 4.39 Å². The summed E-state index contributed by atoms with van der Waals surface area (Å²) < 4.78 is 18.2. The average molecular weight is 237 g/mol. The Hall–Kier alpha value is -1.25. The summed E-state index contributed by atoms with van der Waals surface area (Å²) in [7, 11) is 1.57. The van der Waals surface area contributed by atoms with E-state index in [0.29, 0.717) is 11.8 Å². The molecule has 2 rings (SSSR count). The number of methoxy groups -OCH3 is 1. The molecule has 1 aromatic carbocycles. The standard InChI is InChI=1S/C14H20FNO/c1-10-3-6-12(7-4-10)16-13-8-5-11(15)9-14(13)17-2/h5,8-10,12,16H,3-4,6-7H2,1-2H3. The van der Waals surface area contributed by atoms with Crippen molar-refractivity contribution in [3.8, 4) is 5.75 Å². The first-order valence-corrected chi connectivity index (χ1v) is 6.29. The van der Waals surface area contributed by atoms with Gasteiger partial charge in [-0.05, 0) is 43.7 Å². The molecule has 0 bridgehead atoms. The molecule has 0 atom stereocenters. The molecule has 0 unspecified atom stereocenters. The summed E-state index contributed by atoms with van der Waals surface area (Å²) in [6.45, 7) is 2.30. The summed E-state index contributed by atoms with van der Waals surface area (Å²) in [4.78, 5) is 0. The van der Waals surface area contributed by atoms with Gasteiger partial charge in [-0.15, -0.1) is 0 Å². The normalized spacial score (nSPS) is 24.4. The molecular formula is C14H20FNO. The van der Waals surface area contributed by atoms with E-state index in [9.17, 15) is 4.39 Å². The van der Waals surface area contributed by atoms with Crippen LogP contribution in [0.4, 0.5) is 10.1 Å². The molecule has 0 aliphatic heterocycles. The van der Waals surface area contributed by atoms with Gasteiger partial charge in [0, 0.05) is 12.1 Å². The van der Waals surface area contributed by atoms with Crippen LogP contribution in [0.3, 0.4) is 0 Å². The van der Waals surface area contributed by atoms with Crippen molar-refractivity contribution in [1.29, 1.82) is 0 Å². The van der Waals surface area contributed by atoms with Crippen LogP contribution in [0.5, 0.6) is 5.75 Å². The van der Waals surface area contributed by atoms with E-state index in [-0.39, 0.29) is 5.82 Å². The summed E-state index contributed by atoms with van der Waals surface area (Å²) in [6.07, 6.45) is 4.89. The zero-order valence-corrected chi connectivity index (χ0v) is 10.5. The van der Waals surface area contributed by atoms with Crippen molar-refractivity contribution in [3.05, 3.63) is 24.0 Å². The van der Waals surface area contributed by atoms with Gasteiger partial charge in [-0.2, -0.15) is 0 Å². The Bertz CT molecular complexity index is 372. The summed E-state index contributed by atoms with van der Waals surface area (Å²) >= 11 is 0. The zero-order valence-electron chi connectivity index (χ0n) is 10.5. The van der Waals surface area contributed by atoms with Crippen molar-refractivity contribution in [1.82, 2.24) is 0 Å². The van der Waals surface area contributed by atoms with Crippen LogP contribution in [-0.4, -0.2) is 13.2 Å². The summed E-state index contributed by atoms with van der Waals surface area (Å²) in [6, 6.07) is 5.14. The van der Waals surface area contributed by atoms with Crippen LogP contribution in [-0.2, 0) is 0 Å². The lowest BCUT2D eigenvalue weighted by molar-refractivity contribution is 0.359. The number of ether oxygens (including phenoxy) is 1. The van der Waals surface area contributed by atoms with Gasteiger partial charge in [0.25, 0.3) is 0 Å². The molecule has 1 aromatic rings. The van der Waals surface area contributed by atoms with Crippen molar-refractivity contribution in [2.24, 2.45) is 5.92 Å². The van der Waals surface area contributed by atoms with Gasteiger partial charge >= 0.3 is 0 Å². The van der Waals surface area contributed by atoms with Crippen LogP contribution in [0.15, 0.2) is 18.2 Å². The van der Waals surface area contributed by atoms with Crippen molar-refractivity contribution in [3.63, 3.8) is 0 Å². The molecule has 94 valence electrons. The predicted octanol–water partition coefficient (Wildman–Crippen LogP) is 3.82. The largest absolute Gasteiger partial charge is 0.494 e. The Morgan fingerprint density at radius 1 is 1.24 bits per heavy atom. The zero-order chi connectivity index (χ0) is 12.3. The smallest absolute Gasteiger partial charge is 0.144 e. The summed E-state index contributed by atoms with van der Waals surface area (Å²) in [5.74, 6) is 1.16. The van der Waals surface area contributed by atoms with Crippen molar-refractivity contribution >= 4 is 5.69 Å². The van der Waals surface area contributed by atoms with E-state index in [1.54, 1.807) is 13.2 Å². The van der Waals surface area contributed by atoms with Gasteiger partial charge in [0.05, 0.1) is 12.8 Å². The van der Waals surface area contributed by atoms with Crippen LogP contribution in [0.1, 0.15) is 32.6 Å². The Morgan fingerprint density at radius 2 is 1.94 bits per heavy atom. The number of rotatable bonds is 3. The molecule has 2 nitrogen and oxygen atoms in total. The fourth-order valence-electron chi connectivity index (χ4n) is 2.41. The van der Waals surface area contributed by atoms with Crippen molar-refractivity contribution in [2.45, 2.75) is 38.6 Å². The lowest BCUT2D eigenvalue weighted by Crippen LogP contribution is -2.25. The van der Waals surface area contributed by atoms with E-state index in [2.05, 4.69) is 12.2 Å². The predicted molar refractivity (Wildman–Crippen MR) is 68.0 cm³/mol. The maximum absolute atomic E-state index is 13.1. The monoisotopic (exact) mass is 237 g/mol. The van der Waals surface area contributed by atoms with Crippen LogP contribution in [0.2, 0.25) is 0 Å². The molecular weight excluding hydrogens is 217 g/mol. The number of hydrogen-bond donors (Lipinski definition) is 1. The van der Waals surface area contributed by atoms with E-state index in [4.69, 9.17) is 4.74 Å². The Morgan fingerprint density at radius 3 is 2.59 bits per heavy atom. The number of hydrogen-bond acceptors (Lipinski definition) is 2. The van der Waals surface area contributed by atoms with Crippen LogP contribution in [0, 0.1) is 11.7 Å². The van der Waals surface area contributed by atoms with Gasteiger partial charge in [0.2, 0.25) is 0 Å². The van der Waals surface area contributed by atoms with Gasteiger partial charge in [-0.3, -0.25) is 0 Å². The molecule has 0 aromatic heterocycles. The quantitative estimate of drug-likeness (QED) is 0.862. The molecule has 1 aliphatic rings. The minimum absolute atomic E-state index is 0.260. The van der Waals surface area contributed by atoms with E-state index < -0.39 is 0 Å². The van der Waals surface area contributed by atoms with E-state index >= 15 is 0 Å². The van der Waals surface area contributed by atoms with Crippen LogP contribution >= 0.6 is 0 Å². The third kappa shape index (κ3) is 3.11. The van der Waals surface area contributed by atoms with Gasteiger partial charge in [0.15, 0.2) is 0 Å². The molecule has 1 saturated carbocycles. The summed E-state index contributed by atoms with van der Waals surface area (Å²) in [5, 5.41) is 3.46. The third-order valence-electron chi connectivity index (χ3n) is 3.54. The first-order valence-electron chi connectivity index (χ1n) is 6.29. The molecule has 17 heavy (non-hydrogen) atoms. The Balaban J connectivity index is 2.03. The van der Waals surface area contributed by atoms with Crippen LogP contribution in [0.25, 0.3) is 0 Å². The third-order valence-corrected chi connectivity index (χ3v) is 3.54. The second-order valence-corrected chi connectivity index (χ2v) is 4.95. The maximum atomic E-state index is 13.1. The lowest BCUT2D eigenvalue weighted by Gasteiger charge is -2.28. The molecule has 0 spiro atoms. The highest BCUT2D eigenvalue weighted by Gasteiger charge is 2.19. The van der Waals surface area contributed by atoms with Crippen LogP contribution < -0.4 is 10.1 Å². The summed E-state index contributed by atoms with van der Waals surface area (Å²) in [5.41, 5.74) is 0.897. The minimum atomic E-state index is -0.260. The van der Waals surface area contributed by atoms with E-state index in [1.807, 2.05) is 0 Å². The van der Waals surface area contributed by atoms with E-state index in [1.165, 1.54) is 37.8 Å². The molecule has 1 fully saturated rings. The fraction of sp³-hybridized carbons (Fsp3) is 0.571. The molecule has 0 heterocycles. The first-order chi connectivity index (χ1) is 8.19. The molecule has 0 amide bonds. The molecule has 1 N–H and O–H groups in total. The lowest BCUT2D eigenvalue weighted by atomic mass is 9.87. The number of halogens is 1. The number of anilines is 1. The van der Waals surface area contributed by atoms with Crippen molar-refractivity contribution < 1.29 is 9.13 Å². The average Bonchev–Trinajstić information content (AvgIpc) is 2.34. The molecule has 0 radical (unpaired) electrons. The Kier molecular flexibility index (Phi) is 3.87. The van der Waals surface area contributed by atoms with Gasteiger partial charge < -0.3 is 10.1 Å². The van der Waals surface area contributed by atoms with Gasteiger partial charge in [-0.1, -0.05) is 6.92 Å². The molecule has 0 saturated heterocycles. The van der Waals surface area contributed by atoms with Gasteiger partial charge in [0.1, 0.15) is 11.6 Å². The van der Waals surface area contributed by atoms with Crippen molar-refractivity contribution in [2.75, 3.05) is 12.4 Å². The maximum Gasteiger partial charge on any atom is 0.144 e. The topological polar surface area (TPSA) is 21.3 Å². The second kappa shape index (κ2) is 5.39. The number of nitrogens with one attached hydrogen (secondary N) is 1. The highest BCUT2D eigenvalue weighted by Crippen LogP contribution is 2.30. The second-order valence-electron chi connectivity index (χ2n) is 4.95. The highest BCUT2D eigenvalue weighted by molar-refractivity contribution is 5.57. The minimum Gasteiger partial charge on any atom is -0.494 e. The molecule has 3 heteroatoms.